The third kappa shape index (κ3) is 2.06. The summed E-state index contributed by atoms with van der Waals surface area (Å²) in [5.74, 6) is -0.273. The first-order valence-electron chi connectivity index (χ1n) is 5.20. The van der Waals surface area contributed by atoms with E-state index < -0.39 is 0 Å². The van der Waals surface area contributed by atoms with E-state index in [0.717, 1.165) is 16.7 Å². The van der Waals surface area contributed by atoms with Crippen molar-refractivity contribution in [3.63, 3.8) is 0 Å². The molecule has 16 heavy (non-hydrogen) atoms. The molecule has 0 spiro atoms. The number of nitrogens with two attached hydrogens (primary N) is 1. The number of aryl methyl sites for hydroxylation is 2. The van der Waals surface area contributed by atoms with E-state index in [1.165, 1.54) is 6.07 Å². The van der Waals surface area contributed by atoms with Crippen LogP contribution in [-0.2, 0) is 0 Å². The largest absolute Gasteiger partial charge is 0.399 e. The summed E-state index contributed by atoms with van der Waals surface area (Å²) in [7, 11) is 0. The number of anilines is 1. The highest BCUT2D eigenvalue weighted by Crippen LogP contribution is 2.26. The standard InChI is InChI=1S/C14H14FN/c1-9-5-10(2)7-11(6-9)13-4-3-12(16)8-14(13)15/h3-8H,16H2,1-2H3. The Morgan fingerprint density at radius 2 is 1.56 bits per heavy atom. The molecule has 0 fully saturated rings. The van der Waals surface area contributed by atoms with Gasteiger partial charge in [0.25, 0.3) is 0 Å². The second-order valence-corrected chi connectivity index (χ2v) is 4.12. The molecule has 0 atom stereocenters. The van der Waals surface area contributed by atoms with Crippen molar-refractivity contribution in [2.75, 3.05) is 5.73 Å². The normalized spacial score (nSPS) is 10.4. The number of halogens is 1. The third-order valence-electron chi connectivity index (χ3n) is 2.53. The van der Waals surface area contributed by atoms with Crippen LogP contribution >= 0.6 is 0 Å². The fourth-order valence-electron chi connectivity index (χ4n) is 1.90. The predicted octanol–water partition coefficient (Wildman–Crippen LogP) is 3.69. The highest BCUT2D eigenvalue weighted by molar-refractivity contribution is 5.67. The van der Waals surface area contributed by atoms with Crippen molar-refractivity contribution in [1.29, 1.82) is 0 Å². The lowest BCUT2D eigenvalue weighted by Gasteiger charge is -2.07. The minimum atomic E-state index is -0.273. The van der Waals surface area contributed by atoms with Crippen LogP contribution in [0, 0.1) is 19.7 Å². The van der Waals surface area contributed by atoms with E-state index in [1.807, 2.05) is 26.0 Å². The molecule has 0 amide bonds. The fraction of sp³-hybridized carbons (Fsp3) is 0.143. The van der Waals surface area contributed by atoms with Crippen LogP contribution < -0.4 is 5.73 Å². The minimum Gasteiger partial charge on any atom is -0.399 e. The van der Waals surface area contributed by atoms with Crippen LogP contribution in [-0.4, -0.2) is 0 Å². The zero-order valence-corrected chi connectivity index (χ0v) is 9.42. The molecule has 0 heterocycles. The van der Waals surface area contributed by atoms with Crippen molar-refractivity contribution in [2.45, 2.75) is 13.8 Å². The van der Waals surface area contributed by atoms with Gasteiger partial charge in [0.15, 0.2) is 0 Å². The number of hydrogen-bond acceptors (Lipinski definition) is 1. The van der Waals surface area contributed by atoms with Gasteiger partial charge < -0.3 is 5.73 Å². The number of nitrogen functional groups attached to an aromatic ring is 1. The van der Waals surface area contributed by atoms with Gasteiger partial charge in [-0.05, 0) is 37.6 Å². The summed E-state index contributed by atoms with van der Waals surface area (Å²) >= 11 is 0. The second-order valence-electron chi connectivity index (χ2n) is 4.12. The van der Waals surface area contributed by atoms with Gasteiger partial charge in [-0.3, -0.25) is 0 Å². The minimum absolute atomic E-state index is 0.273. The van der Waals surface area contributed by atoms with Crippen LogP contribution in [0.3, 0.4) is 0 Å². The van der Waals surface area contributed by atoms with Crippen LogP contribution in [0.5, 0.6) is 0 Å². The van der Waals surface area contributed by atoms with Gasteiger partial charge in [0.2, 0.25) is 0 Å². The molecular weight excluding hydrogens is 201 g/mol. The Hall–Kier alpha value is -1.83. The molecule has 1 nitrogen and oxygen atoms in total. The van der Waals surface area contributed by atoms with Crippen LogP contribution in [0.1, 0.15) is 11.1 Å². The Balaban J connectivity index is 2.58. The summed E-state index contributed by atoms with van der Waals surface area (Å²) in [4.78, 5) is 0. The van der Waals surface area contributed by atoms with Crippen molar-refractivity contribution in [3.8, 4) is 11.1 Å². The van der Waals surface area contributed by atoms with Gasteiger partial charge in [-0.15, -0.1) is 0 Å². The van der Waals surface area contributed by atoms with Crippen LogP contribution in [0.4, 0.5) is 10.1 Å². The maximum absolute atomic E-state index is 13.7. The van der Waals surface area contributed by atoms with Gasteiger partial charge in [-0.1, -0.05) is 29.3 Å². The van der Waals surface area contributed by atoms with Crippen molar-refractivity contribution in [3.05, 3.63) is 53.3 Å². The van der Waals surface area contributed by atoms with E-state index in [4.69, 9.17) is 5.73 Å². The quantitative estimate of drug-likeness (QED) is 0.721. The van der Waals surface area contributed by atoms with Gasteiger partial charge >= 0.3 is 0 Å². The predicted molar refractivity (Wildman–Crippen MR) is 65.7 cm³/mol. The summed E-state index contributed by atoms with van der Waals surface area (Å²) in [5, 5.41) is 0. The van der Waals surface area contributed by atoms with Crippen molar-refractivity contribution >= 4 is 5.69 Å². The van der Waals surface area contributed by atoms with Crippen molar-refractivity contribution in [2.24, 2.45) is 0 Å². The summed E-state index contributed by atoms with van der Waals surface area (Å²) < 4.78 is 13.7. The summed E-state index contributed by atoms with van der Waals surface area (Å²) in [6.07, 6.45) is 0. The molecule has 0 saturated carbocycles. The summed E-state index contributed by atoms with van der Waals surface area (Å²) in [6.45, 7) is 4.01. The Kier molecular flexibility index (Phi) is 2.65. The lowest BCUT2D eigenvalue weighted by molar-refractivity contribution is 0.632. The van der Waals surface area contributed by atoms with Crippen molar-refractivity contribution in [1.82, 2.24) is 0 Å². The van der Waals surface area contributed by atoms with Crippen LogP contribution in [0.25, 0.3) is 11.1 Å². The van der Waals surface area contributed by atoms with Crippen LogP contribution in [0.15, 0.2) is 36.4 Å². The smallest absolute Gasteiger partial charge is 0.133 e. The van der Waals surface area contributed by atoms with Crippen LogP contribution in [0.2, 0.25) is 0 Å². The van der Waals surface area contributed by atoms with Gasteiger partial charge in [0.05, 0.1) is 0 Å². The van der Waals surface area contributed by atoms with E-state index >= 15 is 0 Å². The molecule has 2 N–H and O–H groups in total. The van der Waals surface area contributed by atoms with E-state index in [2.05, 4.69) is 6.07 Å². The molecule has 0 radical (unpaired) electrons. The lowest BCUT2D eigenvalue weighted by Crippen LogP contribution is -1.90. The average Bonchev–Trinajstić information content (AvgIpc) is 2.15. The highest BCUT2D eigenvalue weighted by Gasteiger charge is 2.06. The monoisotopic (exact) mass is 215 g/mol. The van der Waals surface area contributed by atoms with Crippen molar-refractivity contribution < 1.29 is 4.39 Å². The van der Waals surface area contributed by atoms with Gasteiger partial charge in [0.1, 0.15) is 5.82 Å². The Morgan fingerprint density at radius 3 is 2.12 bits per heavy atom. The first-order valence-corrected chi connectivity index (χ1v) is 5.20. The number of benzene rings is 2. The van der Waals surface area contributed by atoms with E-state index in [0.29, 0.717) is 11.3 Å². The van der Waals surface area contributed by atoms with E-state index in [1.54, 1.807) is 12.1 Å². The van der Waals surface area contributed by atoms with Gasteiger partial charge in [-0.2, -0.15) is 0 Å². The molecule has 2 aromatic rings. The molecule has 2 rings (SSSR count). The molecular formula is C14H14FN. The number of rotatable bonds is 1. The fourth-order valence-corrected chi connectivity index (χ4v) is 1.90. The summed E-state index contributed by atoms with van der Waals surface area (Å²) in [6, 6.07) is 10.8. The second kappa shape index (κ2) is 3.97. The van der Waals surface area contributed by atoms with E-state index in [9.17, 15) is 4.39 Å². The Labute approximate surface area is 94.7 Å². The Bertz CT molecular complexity index is 512. The molecule has 0 aliphatic carbocycles. The molecule has 82 valence electrons. The lowest BCUT2D eigenvalue weighted by atomic mass is 10.00. The molecule has 0 aliphatic heterocycles. The molecule has 0 unspecified atom stereocenters. The molecule has 0 saturated heterocycles. The topological polar surface area (TPSA) is 26.0 Å². The maximum atomic E-state index is 13.7. The zero-order valence-electron chi connectivity index (χ0n) is 9.42. The SMILES string of the molecule is Cc1cc(C)cc(-c2ccc(N)cc2F)c1. The average molecular weight is 215 g/mol. The maximum Gasteiger partial charge on any atom is 0.133 e. The number of hydrogen-bond donors (Lipinski definition) is 1. The zero-order chi connectivity index (χ0) is 11.7. The summed E-state index contributed by atoms with van der Waals surface area (Å²) in [5.41, 5.74) is 9.73. The molecule has 2 heteroatoms. The molecule has 2 aromatic carbocycles. The van der Waals surface area contributed by atoms with Gasteiger partial charge in [-0.25, -0.2) is 4.39 Å². The molecule has 0 bridgehead atoms. The Morgan fingerprint density at radius 1 is 0.938 bits per heavy atom. The van der Waals surface area contributed by atoms with E-state index in [-0.39, 0.29) is 5.82 Å². The molecule has 0 aromatic heterocycles. The highest BCUT2D eigenvalue weighted by atomic mass is 19.1. The first kappa shape index (κ1) is 10.7. The van der Waals surface area contributed by atoms with Gasteiger partial charge in [0, 0.05) is 11.3 Å². The molecule has 0 aliphatic rings. The first-order chi connectivity index (χ1) is 7.56. The third-order valence-corrected chi connectivity index (χ3v) is 2.53.